The molecule has 0 aromatic heterocycles. The summed E-state index contributed by atoms with van der Waals surface area (Å²) < 4.78 is 0. The van der Waals surface area contributed by atoms with E-state index in [1.165, 1.54) is 12.8 Å². The van der Waals surface area contributed by atoms with Crippen molar-refractivity contribution in [3.05, 3.63) is 0 Å². The molecular formula is C17H26N2O4. The van der Waals surface area contributed by atoms with Crippen molar-refractivity contribution < 1.29 is 19.5 Å². The molecule has 1 atom stereocenters. The third kappa shape index (κ3) is 3.67. The van der Waals surface area contributed by atoms with E-state index < -0.39 is 11.4 Å². The highest BCUT2D eigenvalue weighted by Gasteiger charge is 2.47. The number of carboxylic acid groups (broad SMARTS) is 1. The molecular weight excluding hydrogens is 296 g/mol. The number of nitrogens with one attached hydrogen (secondary N) is 1. The maximum absolute atomic E-state index is 12.5. The maximum Gasteiger partial charge on any atom is 0.310 e. The summed E-state index contributed by atoms with van der Waals surface area (Å²) in [7, 11) is 0. The van der Waals surface area contributed by atoms with Crippen molar-refractivity contribution in [1.82, 2.24) is 10.2 Å². The number of hydrogen-bond acceptors (Lipinski definition) is 3. The van der Waals surface area contributed by atoms with Crippen LogP contribution >= 0.6 is 0 Å². The summed E-state index contributed by atoms with van der Waals surface area (Å²) in [6.07, 6.45) is 6.17. The van der Waals surface area contributed by atoms with Crippen molar-refractivity contribution in [2.24, 2.45) is 17.3 Å². The van der Waals surface area contributed by atoms with Crippen molar-refractivity contribution >= 4 is 17.8 Å². The summed E-state index contributed by atoms with van der Waals surface area (Å²) in [6.45, 7) is 1.83. The van der Waals surface area contributed by atoms with Crippen LogP contribution in [-0.4, -0.2) is 47.4 Å². The van der Waals surface area contributed by atoms with Crippen molar-refractivity contribution in [2.75, 3.05) is 19.6 Å². The van der Waals surface area contributed by atoms with Crippen LogP contribution in [0.2, 0.25) is 0 Å². The first-order chi connectivity index (χ1) is 11.0. The number of carbonyl (C=O) groups is 3. The van der Waals surface area contributed by atoms with Crippen molar-refractivity contribution in [2.45, 2.75) is 51.4 Å². The van der Waals surface area contributed by atoms with Gasteiger partial charge in [0.15, 0.2) is 0 Å². The Bertz CT molecular complexity index is 497. The molecule has 1 aliphatic heterocycles. The zero-order valence-electron chi connectivity index (χ0n) is 13.6. The number of rotatable bonds is 6. The van der Waals surface area contributed by atoms with E-state index in [0.717, 1.165) is 25.8 Å². The van der Waals surface area contributed by atoms with Crippen LogP contribution in [0.25, 0.3) is 0 Å². The molecule has 1 unspecified atom stereocenters. The smallest absolute Gasteiger partial charge is 0.310 e. The Hall–Kier alpha value is -1.59. The monoisotopic (exact) mass is 322 g/mol. The van der Waals surface area contributed by atoms with Gasteiger partial charge in [0.25, 0.3) is 0 Å². The van der Waals surface area contributed by atoms with Gasteiger partial charge in [0, 0.05) is 26.1 Å². The van der Waals surface area contributed by atoms with Gasteiger partial charge in [-0.25, -0.2) is 0 Å². The second-order valence-electron chi connectivity index (χ2n) is 7.48. The zero-order valence-corrected chi connectivity index (χ0v) is 13.6. The van der Waals surface area contributed by atoms with Crippen LogP contribution in [0.15, 0.2) is 0 Å². The quantitative estimate of drug-likeness (QED) is 0.774. The number of aliphatic carboxylic acids is 1. The van der Waals surface area contributed by atoms with Crippen LogP contribution in [0.4, 0.5) is 0 Å². The number of likely N-dealkylation sites (tertiary alicyclic amines) is 1. The van der Waals surface area contributed by atoms with E-state index in [4.69, 9.17) is 0 Å². The van der Waals surface area contributed by atoms with Crippen molar-refractivity contribution in [1.29, 1.82) is 0 Å². The second-order valence-corrected chi connectivity index (χ2v) is 7.48. The van der Waals surface area contributed by atoms with Crippen molar-refractivity contribution in [3.63, 3.8) is 0 Å². The third-order valence-electron chi connectivity index (χ3n) is 5.66. The fourth-order valence-electron chi connectivity index (χ4n) is 3.60. The molecule has 128 valence electrons. The van der Waals surface area contributed by atoms with Crippen LogP contribution < -0.4 is 5.32 Å². The molecule has 3 aliphatic rings. The van der Waals surface area contributed by atoms with Crippen LogP contribution in [-0.2, 0) is 14.4 Å². The topological polar surface area (TPSA) is 86.7 Å². The molecule has 2 saturated carbocycles. The molecule has 0 bridgehead atoms. The Morgan fingerprint density at radius 1 is 1.13 bits per heavy atom. The van der Waals surface area contributed by atoms with Gasteiger partial charge >= 0.3 is 5.97 Å². The predicted molar refractivity (Wildman–Crippen MR) is 83.6 cm³/mol. The van der Waals surface area contributed by atoms with Gasteiger partial charge in [-0.2, -0.15) is 0 Å². The Labute approximate surface area is 136 Å². The highest BCUT2D eigenvalue weighted by molar-refractivity contribution is 5.86. The minimum Gasteiger partial charge on any atom is -0.481 e. The Morgan fingerprint density at radius 2 is 1.87 bits per heavy atom. The van der Waals surface area contributed by atoms with E-state index in [9.17, 15) is 19.5 Å². The lowest BCUT2D eigenvalue weighted by atomic mass is 9.66. The normalized spacial score (nSPS) is 26.3. The molecule has 2 aliphatic carbocycles. The minimum absolute atomic E-state index is 0.0472. The molecule has 1 saturated heterocycles. The summed E-state index contributed by atoms with van der Waals surface area (Å²) in [4.78, 5) is 37.8. The number of piperidine rings is 1. The molecule has 0 aromatic rings. The minimum atomic E-state index is -0.854. The third-order valence-corrected chi connectivity index (χ3v) is 5.66. The molecule has 2 amide bonds. The summed E-state index contributed by atoms with van der Waals surface area (Å²) >= 11 is 0. The largest absolute Gasteiger partial charge is 0.481 e. The molecule has 3 rings (SSSR count). The van der Waals surface area contributed by atoms with Gasteiger partial charge in [0.05, 0.1) is 11.3 Å². The summed E-state index contributed by atoms with van der Waals surface area (Å²) in [5.74, 6) is -0.409. The number of nitrogens with zero attached hydrogens (tertiary/aromatic N) is 1. The van der Waals surface area contributed by atoms with Gasteiger partial charge in [0.2, 0.25) is 11.8 Å². The van der Waals surface area contributed by atoms with E-state index in [1.807, 2.05) is 0 Å². The second kappa shape index (κ2) is 6.49. The lowest BCUT2D eigenvalue weighted by molar-refractivity contribution is -0.160. The van der Waals surface area contributed by atoms with E-state index in [0.29, 0.717) is 31.8 Å². The van der Waals surface area contributed by atoms with E-state index in [2.05, 4.69) is 5.32 Å². The molecule has 0 spiro atoms. The number of carbonyl (C=O) groups excluding carboxylic acids is 2. The Morgan fingerprint density at radius 3 is 2.43 bits per heavy atom. The highest BCUT2D eigenvalue weighted by atomic mass is 16.4. The number of hydrogen-bond donors (Lipinski definition) is 2. The van der Waals surface area contributed by atoms with Gasteiger partial charge in [-0.3, -0.25) is 14.4 Å². The molecule has 2 N–H and O–H groups in total. The fourth-order valence-corrected chi connectivity index (χ4v) is 3.60. The Balaban J connectivity index is 1.51. The van der Waals surface area contributed by atoms with Crippen LogP contribution in [0.5, 0.6) is 0 Å². The van der Waals surface area contributed by atoms with E-state index in [-0.39, 0.29) is 24.2 Å². The fraction of sp³-hybridized carbons (Fsp3) is 0.824. The van der Waals surface area contributed by atoms with E-state index in [1.54, 1.807) is 4.90 Å². The molecule has 6 heteroatoms. The van der Waals surface area contributed by atoms with Gasteiger partial charge in [-0.05, 0) is 44.4 Å². The first kappa shape index (κ1) is 16.3. The average molecular weight is 322 g/mol. The van der Waals surface area contributed by atoms with Crippen LogP contribution in [0.1, 0.15) is 51.4 Å². The highest BCUT2D eigenvalue weighted by Crippen LogP contribution is 2.44. The first-order valence-corrected chi connectivity index (χ1v) is 8.79. The summed E-state index contributed by atoms with van der Waals surface area (Å²) in [5, 5.41) is 12.4. The Kier molecular flexibility index (Phi) is 4.60. The molecule has 23 heavy (non-hydrogen) atoms. The van der Waals surface area contributed by atoms with Gasteiger partial charge in [0.1, 0.15) is 0 Å². The van der Waals surface area contributed by atoms with Crippen LogP contribution in [0.3, 0.4) is 0 Å². The average Bonchev–Trinajstić information content (AvgIpc) is 3.32. The van der Waals surface area contributed by atoms with Gasteiger partial charge < -0.3 is 15.3 Å². The standard InChI is InChI=1S/C17H26N2O4/c20-14(9-17(16(22)23)6-2-7-17)19-8-1-3-13(11-19)15(21)18-10-12-4-5-12/h12-13H,1-11H2,(H,18,21)(H,22,23). The lowest BCUT2D eigenvalue weighted by Gasteiger charge is -2.40. The maximum atomic E-state index is 12.5. The molecule has 3 fully saturated rings. The molecule has 0 radical (unpaired) electrons. The number of amides is 2. The summed E-state index contributed by atoms with van der Waals surface area (Å²) in [6, 6.07) is 0. The predicted octanol–water partition coefficient (Wildman–Crippen LogP) is 1.40. The van der Waals surface area contributed by atoms with Crippen molar-refractivity contribution in [3.8, 4) is 0 Å². The molecule has 0 aromatic carbocycles. The molecule has 6 nitrogen and oxygen atoms in total. The first-order valence-electron chi connectivity index (χ1n) is 8.79. The SMILES string of the molecule is O=C(NCC1CC1)C1CCCN(C(=O)CC2(C(=O)O)CCC2)C1. The van der Waals surface area contributed by atoms with Gasteiger partial charge in [-0.1, -0.05) is 6.42 Å². The summed E-state index contributed by atoms with van der Waals surface area (Å²) in [5.41, 5.74) is -0.849. The van der Waals surface area contributed by atoms with Gasteiger partial charge in [-0.15, -0.1) is 0 Å². The van der Waals surface area contributed by atoms with Crippen LogP contribution in [0, 0.1) is 17.3 Å². The lowest BCUT2D eigenvalue weighted by Crippen LogP contribution is -2.49. The number of carboxylic acids is 1. The van der Waals surface area contributed by atoms with E-state index >= 15 is 0 Å². The zero-order chi connectivity index (χ0) is 16.4. The molecule has 1 heterocycles.